The molecule has 106 valence electrons. The van der Waals surface area contributed by atoms with Gasteiger partial charge >= 0.3 is 6.18 Å². The Kier molecular flexibility index (Phi) is 4.19. The molecule has 1 rings (SSSR count). The van der Waals surface area contributed by atoms with Crippen molar-refractivity contribution in [3.63, 3.8) is 0 Å². The number of carbonyl (C=O) groups is 1. The van der Waals surface area contributed by atoms with Crippen LogP contribution in [0.2, 0.25) is 0 Å². The molecule has 0 aliphatic rings. The summed E-state index contributed by atoms with van der Waals surface area (Å²) in [5, 5.41) is 0. The Morgan fingerprint density at radius 2 is 1.95 bits per heavy atom. The lowest BCUT2D eigenvalue weighted by Crippen LogP contribution is -2.57. The first-order chi connectivity index (χ1) is 8.61. The van der Waals surface area contributed by atoms with E-state index in [2.05, 4.69) is 4.74 Å². The van der Waals surface area contributed by atoms with Gasteiger partial charge in [0.25, 0.3) is 0 Å². The van der Waals surface area contributed by atoms with E-state index < -0.39 is 29.7 Å². The van der Waals surface area contributed by atoms with Gasteiger partial charge in [-0.25, -0.2) is 4.39 Å². The maximum absolute atomic E-state index is 13.7. The molecular weight excluding hydrogens is 266 g/mol. The molecule has 19 heavy (non-hydrogen) atoms. The van der Waals surface area contributed by atoms with Gasteiger partial charge in [-0.3, -0.25) is 4.79 Å². The zero-order chi connectivity index (χ0) is 14.8. The van der Waals surface area contributed by atoms with Gasteiger partial charge in [-0.2, -0.15) is 13.2 Å². The van der Waals surface area contributed by atoms with Gasteiger partial charge < -0.3 is 10.5 Å². The SMILES string of the molecule is COc1cccc(CC(=O)C(C)(N)C(F)(F)F)c1F. The Labute approximate surface area is 107 Å². The first-order valence-electron chi connectivity index (χ1n) is 5.31. The van der Waals surface area contributed by atoms with Crippen LogP contribution in [0.4, 0.5) is 17.6 Å². The summed E-state index contributed by atoms with van der Waals surface area (Å²) in [4.78, 5) is 11.6. The maximum atomic E-state index is 13.7. The molecule has 0 fully saturated rings. The Morgan fingerprint density at radius 3 is 2.42 bits per heavy atom. The zero-order valence-corrected chi connectivity index (χ0v) is 10.3. The zero-order valence-electron chi connectivity index (χ0n) is 10.3. The molecule has 2 N–H and O–H groups in total. The average Bonchev–Trinajstić information content (AvgIpc) is 2.30. The maximum Gasteiger partial charge on any atom is 0.413 e. The lowest BCUT2D eigenvalue weighted by Gasteiger charge is -2.26. The van der Waals surface area contributed by atoms with Crippen molar-refractivity contribution in [2.45, 2.75) is 25.1 Å². The number of benzene rings is 1. The minimum atomic E-state index is -4.89. The lowest BCUT2D eigenvalue weighted by atomic mass is 9.92. The molecule has 0 bridgehead atoms. The summed E-state index contributed by atoms with van der Waals surface area (Å²) in [6, 6.07) is 3.89. The topological polar surface area (TPSA) is 52.3 Å². The minimum Gasteiger partial charge on any atom is -0.494 e. The minimum absolute atomic E-state index is 0.143. The number of ketones is 1. The molecule has 1 aromatic carbocycles. The number of rotatable bonds is 4. The van der Waals surface area contributed by atoms with Gasteiger partial charge in [-0.05, 0) is 18.6 Å². The van der Waals surface area contributed by atoms with E-state index >= 15 is 0 Å². The molecule has 1 atom stereocenters. The molecule has 0 aromatic heterocycles. The van der Waals surface area contributed by atoms with Crippen LogP contribution in [0.1, 0.15) is 12.5 Å². The van der Waals surface area contributed by atoms with E-state index in [9.17, 15) is 22.4 Å². The van der Waals surface area contributed by atoms with Gasteiger partial charge in [-0.15, -0.1) is 0 Å². The van der Waals surface area contributed by atoms with Gasteiger partial charge in [0.05, 0.1) is 7.11 Å². The van der Waals surface area contributed by atoms with Crippen LogP contribution in [-0.4, -0.2) is 24.6 Å². The number of ether oxygens (including phenoxy) is 1. The van der Waals surface area contributed by atoms with Crippen molar-refractivity contribution in [3.05, 3.63) is 29.6 Å². The number of nitrogens with two attached hydrogens (primary N) is 1. The van der Waals surface area contributed by atoms with Crippen molar-refractivity contribution in [2.24, 2.45) is 5.73 Å². The van der Waals surface area contributed by atoms with Crippen LogP contribution in [0.5, 0.6) is 5.75 Å². The van der Waals surface area contributed by atoms with E-state index in [1.807, 2.05) is 0 Å². The summed E-state index contributed by atoms with van der Waals surface area (Å²) in [7, 11) is 1.22. The first kappa shape index (κ1) is 15.4. The highest BCUT2D eigenvalue weighted by molar-refractivity contribution is 5.90. The van der Waals surface area contributed by atoms with Crippen molar-refractivity contribution < 1.29 is 27.1 Å². The Hall–Kier alpha value is -1.63. The summed E-state index contributed by atoms with van der Waals surface area (Å²) in [6.45, 7) is 0.563. The molecule has 1 aromatic rings. The number of methoxy groups -OCH3 is 1. The molecule has 7 heteroatoms. The van der Waals surface area contributed by atoms with E-state index in [4.69, 9.17) is 5.73 Å². The Balaban J connectivity index is 3.01. The fraction of sp³-hybridized carbons (Fsp3) is 0.417. The normalized spacial score (nSPS) is 14.9. The second-order valence-electron chi connectivity index (χ2n) is 4.23. The predicted octanol–water partition coefficient (Wildman–Crippen LogP) is 2.23. The highest BCUT2D eigenvalue weighted by atomic mass is 19.4. The Bertz CT molecular complexity index is 483. The molecule has 3 nitrogen and oxygen atoms in total. The molecule has 0 aliphatic carbocycles. The predicted molar refractivity (Wildman–Crippen MR) is 60.3 cm³/mol. The van der Waals surface area contributed by atoms with Crippen molar-refractivity contribution in [3.8, 4) is 5.75 Å². The number of carbonyl (C=O) groups excluding carboxylic acids is 1. The monoisotopic (exact) mass is 279 g/mol. The Morgan fingerprint density at radius 1 is 1.37 bits per heavy atom. The second-order valence-corrected chi connectivity index (χ2v) is 4.23. The second kappa shape index (κ2) is 5.16. The number of hydrogen-bond donors (Lipinski definition) is 1. The lowest BCUT2D eigenvalue weighted by molar-refractivity contribution is -0.185. The number of halogens is 4. The van der Waals surface area contributed by atoms with Crippen LogP contribution in [-0.2, 0) is 11.2 Å². The van der Waals surface area contributed by atoms with Crippen molar-refractivity contribution >= 4 is 5.78 Å². The van der Waals surface area contributed by atoms with Crippen LogP contribution >= 0.6 is 0 Å². The van der Waals surface area contributed by atoms with E-state index in [1.165, 1.54) is 25.3 Å². The highest BCUT2D eigenvalue weighted by Crippen LogP contribution is 2.30. The summed E-state index contributed by atoms with van der Waals surface area (Å²) < 4.78 is 56.1. The van der Waals surface area contributed by atoms with Crippen LogP contribution in [0, 0.1) is 5.82 Å². The van der Waals surface area contributed by atoms with Gasteiger partial charge in [0.2, 0.25) is 0 Å². The smallest absolute Gasteiger partial charge is 0.413 e. The molecule has 0 aliphatic heterocycles. The summed E-state index contributed by atoms with van der Waals surface area (Å²) in [5.41, 5.74) is 1.78. The highest BCUT2D eigenvalue weighted by Gasteiger charge is 2.53. The average molecular weight is 279 g/mol. The first-order valence-corrected chi connectivity index (χ1v) is 5.31. The molecule has 0 heterocycles. The van der Waals surface area contributed by atoms with Crippen LogP contribution in [0.3, 0.4) is 0 Å². The molecule has 0 amide bonds. The summed E-state index contributed by atoms with van der Waals surface area (Å²) in [5.74, 6) is -2.32. The molecule has 0 saturated heterocycles. The van der Waals surface area contributed by atoms with Crippen molar-refractivity contribution in [1.29, 1.82) is 0 Å². The quantitative estimate of drug-likeness (QED) is 0.860. The number of alkyl halides is 3. The molecule has 0 spiro atoms. The fourth-order valence-corrected chi connectivity index (χ4v) is 1.37. The van der Waals surface area contributed by atoms with Crippen LogP contribution in [0.15, 0.2) is 18.2 Å². The number of hydrogen-bond acceptors (Lipinski definition) is 3. The molecule has 1 unspecified atom stereocenters. The third kappa shape index (κ3) is 3.04. The van der Waals surface area contributed by atoms with Crippen LogP contribution < -0.4 is 10.5 Å². The van der Waals surface area contributed by atoms with E-state index in [1.54, 1.807) is 0 Å². The largest absolute Gasteiger partial charge is 0.494 e. The molecule has 0 saturated carbocycles. The summed E-state index contributed by atoms with van der Waals surface area (Å²) in [6.07, 6.45) is -5.64. The van der Waals surface area contributed by atoms with Gasteiger partial charge in [0.1, 0.15) is 0 Å². The third-order valence-corrected chi connectivity index (χ3v) is 2.78. The standard InChI is InChI=1S/C12H13F4NO2/c1-11(17,12(14,15)16)9(18)6-7-4-3-5-8(19-2)10(7)13/h3-5H,6,17H2,1-2H3. The van der Waals surface area contributed by atoms with Gasteiger partial charge in [-0.1, -0.05) is 12.1 Å². The van der Waals surface area contributed by atoms with Crippen molar-refractivity contribution in [1.82, 2.24) is 0 Å². The van der Waals surface area contributed by atoms with Gasteiger partial charge in [0, 0.05) is 6.42 Å². The van der Waals surface area contributed by atoms with E-state index in [-0.39, 0.29) is 11.3 Å². The van der Waals surface area contributed by atoms with Gasteiger partial charge in [0.15, 0.2) is 22.9 Å². The third-order valence-electron chi connectivity index (χ3n) is 2.78. The number of Topliss-reactive ketones (excluding diaryl/α,β-unsaturated/α-hetero) is 1. The fourth-order valence-electron chi connectivity index (χ4n) is 1.37. The van der Waals surface area contributed by atoms with Crippen LogP contribution in [0.25, 0.3) is 0 Å². The van der Waals surface area contributed by atoms with E-state index in [0.717, 1.165) is 0 Å². The molecule has 0 radical (unpaired) electrons. The van der Waals surface area contributed by atoms with E-state index in [0.29, 0.717) is 6.92 Å². The summed E-state index contributed by atoms with van der Waals surface area (Å²) >= 11 is 0. The molecular formula is C12H13F4NO2. The van der Waals surface area contributed by atoms with Crippen molar-refractivity contribution in [2.75, 3.05) is 7.11 Å².